The summed E-state index contributed by atoms with van der Waals surface area (Å²) in [5.41, 5.74) is 1.83. The molecule has 22 heavy (non-hydrogen) atoms. The molecule has 0 radical (unpaired) electrons. The number of nitrogens with zero attached hydrogens (tertiary/aromatic N) is 1. The van der Waals surface area contributed by atoms with E-state index in [2.05, 4.69) is 0 Å². The van der Waals surface area contributed by atoms with Crippen molar-refractivity contribution in [2.45, 2.75) is 26.7 Å². The molecule has 1 heterocycles. The van der Waals surface area contributed by atoms with Crippen LogP contribution in [-0.2, 0) is 21.1 Å². The smallest absolute Gasteiger partial charge is 0.242 e. The maximum atomic E-state index is 12.4. The number of hydrogen-bond donors (Lipinski definition) is 0. The normalized spacial score (nSPS) is 14.8. The number of rotatable bonds is 5. The van der Waals surface area contributed by atoms with Gasteiger partial charge in [-0.1, -0.05) is 13.8 Å². The third-order valence-electron chi connectivity index (χ3n) is 3.64. The van der Waals surface area contributed by atoms with E-state index >= 15 is 0 Å². The lowest BCUT2D eigenvalue weighted by Crippen LogP contribution is -2.40. The van der Waals surface area contributed by atoms with E-state index in [1.54, 1.807) is 18.1 Å². The first-order chi connectivity index (χ1) is 10.3. The third-order valence-corrected chi connectivity index (χ3v) is 5.50. The standard InChI is InChI=1S/C16H23NO4S/c1-12(2)10-22(19,20)11-16(18)17-8-4-5-13-9-14(21-3)6-7-15(13)17/h6-7,9,12H,4-5,8,10-11H2,1-3H3. The van der Waals surface area contributed by atoms with Gasteiger partial charge in [-0.05, 0) is 42.5 Å². The van der Waals surface area contributed by atoms with Crippen molar-refractivity contribution in [3.8, 4) is 5.75 Å². The van der Waals surface area contributed by atoms with E-state index in [-0.39, 0.29) is 17.6 Å². The van der Waals surface area contributed by atoms with Gasteiger partial charge in [0.2, 0.25) is 5.91 Å². The molecule has 0 atom stereocenters. The Morgan fingerprint density at radius 2 is 2.09 bits per heavy atom. The topological polar surface area (TPSA) is 63.7 Å². The van der Waals surface area contributed by atoms with Crippen molar-refractivity contribution in [3.05, 3.63) is 23.8 Å². The number of sulfone groups is 1. The van der Waals surface area contributed by atoms with Crippen molar-refractivity contribution in [2.24, 2.45) is 5.92 Å². The lowest BCUT2D eigenvalue weighted by molar-refractivity contribution is -0.116. The van der Waals surface area contributed by atoms with Gasteiger partial charge in [0.25, 0.3) is 0 Å². The number of hydrogen-bond acceptors (Lipinski definition) is 4. The molecule has 2 rings (SSSR count). The number of methoxy groups -OCH3 is 1. The zero-order chi connectivity index (χ0) is 16.3. The molecule has 6 heteroatoms. The second kappa shape index (κ2) is 6.69. The second-order valence-electron chi connectivity index (χ2n) is 6.09. The Morgan fingerprint density at radius 1 is 1.36 bits per heavy atom. The fraction of sp³-hybridized carbons (Fsp3) is 0.562. The summed E-state index contributed by atoms with van der Waals surface area (Å²) < 4.78 is 29.3. The van der Waals surface area contributed by atoms with Crippen molar-refractivity contribution in [2.75, 3.05) is 30.1 Å². The van der Waals surface area contributed by atoms with Gasteiger partial charge in [-0.15, -0.1) is 0 Å². The Bertz CT molecular complexity index is 652. The van der Waals surface area contributed by atoms with Crippen molar-refractivity contribution in [1.82, 2.24) is 0 Å². The number of fused-ring (bicyclic) bond motifs is 1. The highest BCUT2D eigenvalue weighted by Crippen LogP contribution is 2.30. The predicted molar refractivity (Wildman–Crippen MR) is 87.2 cm³/mol. The molecule has 0 fully saturated rings. The SMILES string of the molecule is COc1ccc2c(c1)CCCN2C(=O)CS(=O)(=O)CC(C)C. The van der Waals surface area contributed by atoms with Gasteiger partial charge in [0.15, 0.2) is 9.84 Å². The van der Waals surface area contributed by atoms with E-state index in [4.69, 9.17) is 4.74 Å². The molecule has 0 aliphatic carbocycles. The van der Waals surface area contributed by atoms with E-state index in [9.17, 15) is 13.2 Å². The van der Waals surface area contributed by atoms with Gasteiger partial charge in [-0.3, -0.25) is 4.79 Å². The minimum atomic E-state index is -3.36. The van der Waals surface area contributed by atoms with Crippen LogP contribution in [-0.4, -0.2) is 39.5 Å². The van der Waals surface area contributed by atoms with Crippen molar-refractivity contribution < 1.29 is 17.9 Å². The predicted octanol–water partition coefficient (Wildman–Crippen LogP) is 2.05. The van der Waals surface area contributed by atoms with Crippen molar-refractivity contribution in [3.63, 3.8) is 0 Å². The van der Waals surface area contributed by atoms with Crippen LogP contribution in [0, 0.1) is 5.92 Å². The van der Waals surface area contributed by atoms with Crippen LogP contribution >= 0.6 is 0 Å². The highest BCUT2D eigenvalue weighted by molar-refractivity contribution is 7.92. The van der Waals surface area contributed by atoms with Crippen LogP contribution in [0.15, 0.2) is 18.2 Å². The van der Waals surface area contributed by atoms with Crippen molar-refractivity contribution >= 4 is 21.4 Å². The summed E-state index contributed by atoms with van der Waals surface area (Å²) in [5.74, 6) is 0.0570. The molecule has 1 aliphatic heterocycles. The van der Waals surface area contributed by atoms with E-state index in [0.717, 1.165) is 29.8 Å². The van der Waals surface area contributed by atoms with Gasteiger partial charge in [0.1, 0.15) is 11.5 Å². The average molecular weight is 325 g/mol. The van der Waals surface area contributed by atoms with E-state index in [1.165, 1.54) is 0 Å². The van der Waals surface area contributed by atoms with Crippen LogP contribution in [0.3, 0.4) is 0 Å². The minimum Gasteiger partial charge on any atom is -0.497 e. The maximum Gasteiger partial charge on any atom is 0.242 e. The monoisotopic (exact) mass is 325 g/mol. The zero-order valence-electron chi connectivity index (χ0n) is 13.3. The molecule has 1 aromatic rings. The van der Waals surface area contributed by atoms with E-state index < -0.39 is 15.6 Å². The highest BCUT2D eigenvalue weighted by Gasteiger charge is 2.27. The maximum absolute atomic E-state index is 12.4. The molecule has 122 valence electrons. The molecule has 0 spiro atoms. The van der Waals surface area contributed by atoms with Gasteiger partial charge in [0, 0.05) is 12.2 Å². The zero-order valence-corrected chi connectivity index (χ0v) is 14.1. The number of amides is 1. The molecule has 0 saturated carbocycles. The summed E-state index contributed by atoms with van der Waals surface area (Å²) in [6.45, 7) is 4.24. The molecule has 1 aliphatic rings. The summed E-state index contributed by atoms with van der Waals surface area (Å²) in [5, 5.41) is 0. The second-order valence-corrected chi connectivity index (χ2v) is 8.20. The number of ether oxygens (including phenoxy) is 1. The molecular formula is C16H23NO4S. The summed E-state index contributed by atoms with van der Waals surface area (Å²) in [7, 11) is -1.76. The fourth-order valence-corrected chi connectivity index (χ4v) is 4.46. The molecule has 0 saturated heterocycles. The molecule has 1 amide bonds. The van der Waals surface area contributed by atoms with Crippen LogP contribution in [0.1, 0.15) is 25.8 Å². The van der Waals surface area contributed by atoms with Gasteiger partial charge < -0.3 is 9.64 Å². The first-order valence-corrected chi connectivity index (χ1v) is 9.32. The quantitative estimate of drug-likeness (QED) is 0.831. The fourth-order valence-electron chi connectivity index (χ4n) is 2.79. The number of carbonyl (C=O) groups is 1. The van der Waals surface area contributed by atoms with Crippen LogP contribution in [0.2, 0.25) is 0 Å². The van der Waals surface area contributed by atoms with Crippen LogP contribution in [0.25, 0.3) is 0 Å². The molecule has 0 unspecified atom stereocenters. The molecule has 5 nitrogen and oxygen atoms in total. The summed E-state index contributed by atoms with van der Waals surface area (Å²) >= 11 is 0. The molecule has 0 bridgehead atoms. The first kappa shape index (κ1) is 16.8. The van der Waals surface area contributed by atoms with Crippen LogP contribution < -0.4 is 9.64 Å². The largest absolute Gasteiger partial charge is 0.497 e. The highest BCUT2D eigenvalue weighted by atomic mass is 32.2. The Labute approximate surface area is 132 Å². The number of aryl methyl sites for hydroxylation is 1. The molecular weight excluding hydrogens is 302 g/mol. The Balaban J connectivity index is 2.19. The molecule has 1 aromatic carbocycles. The Hall–Kier alpha value is -1.56. The van der Waals surface area contributed by atoms with E-state index in [0.29, 0.717) is 6.54 Å². The summed E-state index contributed by atoms with van der Waals surface area (Å²) in [6.07, 6.45) is 1.70. The van der Waals surface area contributed by atoms with Gasteiger partial charge in [-0.25, -0.2) is 8.42 Å². The van der Waals surface area contributed by atoms with Crippen LogP contribution in [0.4, 0.5) is 5.69 Å². The van der Waals surface area contributed by atoms with Crippen LogP contribution in [0.5, 0.6) is 5.75 Å². The Kier molecular flexibility index (Phi) is 5.11. The first-order valence-electron chi connectivity index (χ1n) is 7.50. The van der Waals surface area contributed by atoms with Crippen molar-refractivity contribution in [1.29, 1.82) is 0 Å². The molecule has 0 aromatic heterocycles. The van der Waals surface area contributed by atoms with Gasteiger partial charge in [0.05, 0.1) is 12.9 Å². The van der Waals surface area contributed by atoms with Gasteiger partial charge in [-0.2, -0.15) is 0 Å². The van der Waals surface area contributed by atoms with E-state index in [1.807, 2.05) is 26.0 Å². The van der Waals surface area contributed by atoms with Gasteiger partial charge >= 0.3 is 0 Å². The minimum absolute atomic E-state index is 0.0238. The molecule has 0 N–H and O–H groups in total. The lowest BCUT2D eigenvalue weighted by Gasteiger charge is -2.29. The summed E-state index contributed by atoms with van der Waals surface area (Å²) in [4.78, 5) is 14.0. The number of carbonyl (C=O) groups excluding carboxylic acids is 1. The Morgan fingerprint density at radius 3 is 2.73 bits per heavy atom. The summed E-state index contributed by atoms with van der Waals surface area (Å²) in [6, 6.07) is 5.55. The lowest BCUT2D eigenvalue weighted by atomic mass is 10.0. The average Bonchev–Trinajstić information content (AvgIpc) is 2.43. The number of anilines is 1. The number of benzene rings is 1. The third kappa shape index (κ3) is 4.00.